The molecule has 7 nitrogen and oxygen atoms in total. The molecule has 1 aromatic carbocycles. The number of rotatable bonds is 2. The molecule has 1 amide bonds. The molecule has 134 valence electrons. The molecular weight excluding hydrogens is 353 g/mol. The average Bonchev–Trinajstić information content (AvgIpc) is 2.94. The number of Topliss-reactive ketones (excluding diaryl/α,β-unsaturated/α-hetero) is 1. The fourth-order valence-electron chi connectivity index (χ4n) is 2.64. The Hall–Kier alpha value is -3.35. The number of hydrogen-bond donors (Lipinski definition) is 1. The van der Waals surface area contributed by atoms with Crippen LogP contribution in [0.3, 0.4) is 0 Å². The van der Waals surface area contributed by atoms with Gasteiger partial charge < -0.3 is 10.1 Å². The van der Waals surface area contributed by atoms with Gasteiger partial charge in [-0.25, -0.2) is 0 Å². The van der Waals surface area contributed by atoms with Crippen LogP contribution < -0.4 is 10.1 Å². The Kier molecular flexibility index (Phi) is 4.15. The Morgan fingerprint density at radius 2 is 2.12 bits per heavy atom. The van der Waals surface area contributed by atoms with Crippen LogP contribution in [-0.2, 0) is 13.2 Å². The van der Waals surface area contributed by atoms with Crippen LogP contribution >= 0.6 is 0 Å². The van der Waals surface area contributed by atoms with Crippen molar-refractivity contribution in [1.29, 1.82) is 5.26 Å². The summed E-state index contributed by atoms with van der Waals surface area (Å²) in [6.45, 7) is -0.231. The van der Waals surface area contributed by atoms with E-state index in [1.54, 1.807) is 18.2 Å². The fraction of sp³-hybridized carbons (Fsp3) is 0.250. The zero-order valence-electron chi connectivity index (χ0n) is 13.3. The molecule has 0 bridgehead atoms. The molecule has 1 N–H and O–H groups in total. The van der Waals surface area contributed by atoms with E-state index in [-0.39, 0.29) is 12.2 Å². The Bertz CT molecular complexity index is 943. The number of benzene rings is 1. The Morgan fingerprint density at radius 1 is 1.42 bits per heavy atom. The monoisotopic (exact) mass is 364 g/mol. The molecule has 1 aromatic heterocycles. The van der Waals surface area contributed by atoms with Gasteiger partial charge in [-0.1, -0.05) is 12.1 Å². The number of halogens is 3. The number of nitrogens with one attached hydrogen (secondary N) is 1. The summed E-state index contributed by atoms with van der Waals surface area (Å²) < 4.78 is 45.4. The van der Waals surface area contributed by atoms with E-state index >= 15 is 0 Å². The largest absolute Gasteiger partial charge is 0.490 e. The van der Waals surface area contributed by atoms with E-state index in [2.05, 4.69) is 10.4 Å². The summed E-state index contributed by atoms with van der Waals surface area (Å²) >= 11 is 0. The number of amides is 1. The maximum Gasteiger partial charge on any atom is 0.436 e. The van der Waals surface area contributed by atoms with Gasteiger partial charge in [-0.15, -0.1) is 0 Å². The molecule has 0 radical (unpaired) electrons. The lowest BCUT2D eigenvalue weighted by Gasteiger charge is -2.24. The topological polar surface area (TPSA) is 97.0 Å². The molecule has 0 fully saturated rings. The van der Waals surface area contributed by atoms with Crippen LogP contribution in [0.1, 0.15) is 32.1 Å². The summed E-state index contributed by atoms with van der Waals surface area (Å²) in [5, 5.41) is 14.5. The van der Waals surface area contributed by atoms with Crippen molar-refractivity contribution in [2.45, 2.75) is 12.2 Å². The van der Waals surface area contributed by atoms with Crippen LogP contribution in [-0.4, -0.2) is 34.1 Å². The Balaban J connectivity index is 1.93. The molecule has 26 heavy (non-hydrogen) atoms. The van der Waals surface area contributed by atoms with Crippen molar-refractivity contribution >= 4 is 11.7 Å². The van der Waals surface area contributed by atoms with Crippen molar-refractivity contribution in [2.24, 2.45) is 7.05 Å². The lowest BCUT2D eigenvalue weighted by Crippen LogP contribution is -2.47. The summed E-state index contributed by atoms with van der Waals surface area (Å²) in [4.78, 5) is 24.8. The van der Waals surface area contributed by atoms with Gasteiger partial charge in [0.2, 0.25) is 0 Å². The maximum absolute atomic E-state index is 13.1. The SMILES string of the molecule is Cn1nc(C(F)(F)F)c(C(=O)NC2COc3ccccc3C2=O)c1C#N. The number of para-hydroxylation sites is 1. The highest BCUT2D eigenvalue weighted by Crippen LogP contribution is 2.32. The summed E-state index contributed by atoms with van der Waals surface area (Å²) in [5.74, 6) is -1.38. The molecule has 0 spiro atoms. The van der Waals surface area contributed by atoms with Crippen molar-refractivity contribution < 1.29 is 27.5 Å². The molecule has 0 saturated heterocycles. The number of aromatic nitrogens is 2. The van der Waals surface area contributed by atoms with Gasteiger partial charge in [-0.05, 0) is 12.1 Å². The minimum atomic E-state index is -4.93. The van der Waals surface area contributed by atoms with Gasteiger partial charge in [0.1, 0.15) is 30.0 Å². The number of nitriles is 1. The van der Waals surface area contributed by atoms with Gasteiger partial charge in [-0.2, -0.15) is 23.5 Å². The number of ether oxygens (including phenoxy) is 1. The van der Waals surface area contributed by atoms with E-state index in [4.69, 9.17) is 10.00 Å². The molecular formula is C16H11F3N4O3. The van der Waals surface area contributed by atoms with Crippen molar-refractivity contribution in [1.82, 2.24) is 15.1 Å². The second-order valence-electron chi connectivity index (χ2n) is 5.50. The van der Waals surface area contributed by atoms with Gasteiger partial charge >= 0.3 is 6.18 Å². The van der Waals surface area contributed by atoms with Crippen molar-refractivity contribution in [3.05, 3.63) is 46.8 Å². The Labute approximate surface area is 145 Å². The normalized spacial score (nSPS) is 16.4. The minimum absolute atomic E-state index is 0.215. The number of aryl methyl sites for hydroxylation is 1. The smallest absolute Gasteiger partial charge is 0.436 e. The van der Waals surface area contributed by atoms with Crippen molar-refractivity contribution in [3.8, 4) is 11.8 Å². The Morgan fingerprint density at radius 3 is 2.77 bits per heavy atom. The van der Waals surface area contributed by atoms with E-state index in [1.165, 1.54) is 12.1 Å². The fourth-order valence-corrected chi connectivity index (χ4v) is 2.64. The molecule has 1 aliphatic heterocycles. The zero-order chi connectivity index (χ0) is 19.1. The van der Waals surface area contributed by atoms with Gasteiger partial charge in [0.15, 0.2) is 17.2 Å². The quantitative estimate of drug-likeness (QED) is 0.875. The highest BCUT2D eigenvalue weighted by Gasteiger charge is 2.42. The van der Waals surface area contributed by atoms with Gasteiger partial charge in [0, 0.05) is 7.05 Å². The number of hydrogen-bond acceptors (Lipinski definition) is 5. The summed E-state index contributed by atoms with van der Waals surface area (Å²) in [7, 11) is 1.12. The highest BCUT2D eigenvalue weighted by molar-refractivity contribution is 6.07. The molecule has 1 unspecified atom stereocenters. The third kappa shape index (κ3) is 2.88. The highest BCUT2D eigenvalue weighted by atomic mass is 19.4. The number of nitrogens with zero attached hydrogens (tertiary/aromatic N) is 3. The van der Waals surface area contributed by atoms with E-state index in [9.17, 15) is 22.8 Å². The minimum Gasteiger partial charge on any atom is -0.490 e. The lowest BCUT2D eigenvalue weighted by atomic mass is 10.0. The van der Waals surface area contributed by atoms with Gasteiger partial charge in [-0.3, -0.25) is 14.3 Å². The van der Waals surface area contributed by atoms with Crippen LogP contribution in [0.25, 0.3) is 0 Å². The molecule has 10 heteroatoms. The molecule has 1 aliphatic rings. The average molecular weight is 364 g/mol. The number of carbonyl (C=O) groups excluding carboxylic acids is 2. The van der Waals surface area contributed by atoms with E-state index in [0.717, 1.165) is 7.05 Å². The van der Waals surface area contributed by atoms with Crippen LogP contribution in [0.5, 0.6) is 5.75 Å². The van der Waals surface area contributed by atoms with E-state index in [0.29, 0.717) is 10.4 Å². The summed E-state index contributed by atoms with van der Waals surface area (Å²) in [5.41, 5.74) is -2.75. The maximum atomic E-state index is 13.1. The molecule has 3 rings (SSSR count). The zero-order valence-corrected chi connectivity index (χ0v) is 13.3. The predicted molar refractivity (Wildman–Crippen MR) is 80.4 cm³/mol. The number of carbonyl (C=O) groups is 2. The molecule has 0 aliphatic carbocycles. The summed E-state index contributed by atoms with van der Waals surface area (Å²) in [6, 6.07) is 6.67. The number of alkyl halides is 3. The first-order chi connectivity index (χ1) is 12.2. The first-order valence-electron chi connectivity index (χ1n) is 7.35. The standard InChI is InChI=1S/C16H11F3N4O3/c1-23-10(6-20)12(14(22-23)16(17,18)19)15(25)21-9-7-26-11-5-3-2-4-8(11)13(9)24/h2-5,9H,7H2,1H3,(H,21,25). The van der Waals surface area contributed by atoms with Crippen molar-refractivity contribution in [3.63, 3.8) is 0 Å². The number of fused-ring (bicyclic) bond motifs is 1. The molecule has 2 heterocycles. The second kappa shape index (κ2) is 6.18. The van der Waals surface area contributed by atoms with Crippen LogP contribution in [0.2, 0.25) is 0 Å². The third-order valence-corrected chi connectivity index (χ3v) is 3.83. The first kappa shape index (κ1) is 17.5. The lowest BCUT2D eigenvalue weighted by molar-refractivity contribution is -0.141. The van der Waals surface area contributed by atoms with E-state index < -0.39 is 40.9 Å². The van der Waals surface area contributed by atoms with Gasteiger partial charge in [0.25, 0.3) is 5.91 Å². The van der Waals surface area contributed by atoms with Gasteiger partial charge in [0.05, 0.1) is 5.56 Å². The first-order valence-corrected chi connectivity index (χ1v) is 7.35. The van der Waals surface area contributed by atoms with Crippen LogP contribution in [0.4, 0.5) is 13.2 Å². The second-order valence-corrected chi connectivity index (χ2v) is 5.50. The third-order valence-electron chi connectivity index (χ3n) is 3.83. The van der Waals surface area contributed by atoms with Crippen molar-refractivity contribution in [2.75, 3.05) is 6.61 Å². The van der Waals surface area contributed by atoms with Crippen LogP contribution in [0.15, 0.2) is 24.3 Å². The van der Waals surface area contributed by atoms with Crippen LogP contribution in [0, 0.1) is 11.3 Å². The summed E-state index contributed by atoms with van der Waals surface area (Å²) in [6.07, 6.45) is -4.93. The number of ketones is 1. The van der Waals surface area contributed by atoms with E-state index in [1.807, 2.05) is 0 Å². The molecule has 2 aromatic rings. The molecule has 0 saturated carbocycles. The predicted octanol–water partition coefficient (Wildman–Crippen LogP) is 1.68. The molecule has 1 atom stereocenters.